The van der Waals surface area contributed by atoms with Crippen LogP contribution in [0.25, 0.3) is 5.69 Å². The lowest BCUT2D eigenvalue weighted by Crippen LogP contribution is -2.53. The molecule has 2 aliphatic heterocycles. The summed E-state index contributed by atoms with van der Waals surface area (Å²) in [6, 6.07) is 21.5. The van der Waals surface area contributed by atoms with Crippen LogP contribution >= 0.6 is 0 Å². The highest BCUT2D eigenvalue weighted by Crippen LogP contribution is 2.34. The van der Waals surface area contributed by atoms with Crippen LogP contribution in [0.4, 0.5) is 5.82 Å². The van der Waals surface area contributed by atoms with Crippen molar-refractivity contribution < 1.29 is 22.0 Å². The Hall–Kier alpha value is -5.07. The molecule has 0 spiro atoms. The number of fused-ring (bicyclic) bond motifs is 1. The zero-order valence-electron chi connectivity index (χ0n) is 28.3. The van der Waals surface area contributed by atoms with Crippen molar-refractivity contribution in [1.29, 1.82) is 0 Å². The summed E-state index contributed by atoms with van der Waals surface area (Å²) in [5, 5.41) is 14.6. The Morgan fingerprint density at radius 1 is 1.08 bits per heavy atom. The van der Waals surface area contributed by atoms with Crippen LogP contribution in [-0.4, -0.2) is 87.1 Å². The Labute approximate surface area is 289 Å². The molecule has 260 valence electrons. The van der Waals surface area contributed by atoms with E-state index in [1.807, 2.05) is 92.4 Å². The molecule has 1 unspecified atom stereocenters. The first kappa shape index (κ1) is 33.8. The molecule has 1 saturated heterocycles. The molecule has 0 radical (unpaired) electrons. The smallest absolute Gasteiger partial charge is 0.272 e. The number of nitrogens with zero attached hydrogens (tertiary/aromatic N) is 6. The Morgan fingerprint density at radius 3 is 2.41 bits per heavy atom. The van der Waals surface area contributed by atoms with Crippen molar-refractivity contribution in [3.8, 4) is 5.69 Å². The summed E-state index contributed by atoms with van der Waals surface area (Å²) in [7, 11) is 2.01. The second kappa shape index (κ2) is 15.0. The van der Waals surface area contributed by atoms with Gasteiger partial charge in [-0.2, -0.15) is 10.2 Å². The molecule has 1 saturated carbocycles. The van der Waals surface area contributed by atoms with Crippen molar-refractivity contribution in [2.45, 2.75) is 63.8 Å². The third kappa shape index (κ3) is 7.65. The van der Waals surface area contributed by atoms with Crippen LogP contribution in [-0.2, 0) is 27.3 Å². The molecule has 2 aromatic carbocycles. The van der Waals surface area contributed by atoms with Gasteiger partial charge in [0.1, 0.15) is 17.6 Å². The summed E-state index contributed by atoms with van der Waals surface area (Å²) in [4.78, 5) is 41.8. The number of aromatic nitrogens is 4. The predicted molar refractivity (Wildman–Crippen MR) is 191 cm³/mol. The summed E-state index contributed by atoms with van der Waals surface area (Å²) < 4.78 is 8.79. The molecular formula is C37H48N8O4. The second-order valence-corrected chi connectivity index (χ2v) is 12.7. The summed E-state index contributed by atoms with van der Waals surface area (Å²) in [5.74, 6) is 0.228. The SMILES string of the molecule is C=C(C(=O)NCc1ccccc1)C(C)N(C)C1COC1.CCN1C(=O)[C@@H](NC(=O)c2ccn(C3CC3)n2)Cc2cnn(-c3ccccc3)c21.[HH].[HH]. The Balaban J connectivity index is 0.000000235. The summed E-state index contributed by atoms with van der Waals surface area (Å²) in [6.45, 7) is 10.4. The van der Waals surface area contributed by atoms with Gasteiger partial charge in [-0.05, 0) is 57.5 Å². The Kier molecular flexibility index (Phi) is 10.4. The van der Waals surface area contributed by atoms with Crippen molar-refractivity contribution in [3.63, 3.8) is 0 Å². The van der Waals surface area contributed by atoms with Gasteiger partial charge in [0.15, 0.2) is 0 Å². The number of benzene rings is 2. The molecule has 3 aliphatic rings. The first-order chi connectivity index (χ1) is 23.7. The number of anilines is 1. The van der Waals surface area contributed by atoms with Gasteiger partial charge in [-0.15, -0.1) is 0 Å². The minimum Gasteiger partial charge on any atom is -0.378 e. The summed E-state index contributed by atoms with van der Waals surface area (Å²) in [5.41, 5.74) is 3.85. The van der Waals surface area contributed by atoms with Crippen molar-refractivity contribution >= 4 is 23.5 Å². The van der Waals surface area contributed by atoms with Crippen LogP contribution in [0.15, 0.2) is 91.3 Å². The van der Waals surface area contributed by atoms with E-state index in [1.165, 1.54) is 0 Å². The topological polar surface area (TPSA) is 127 Å². The van der Waals surface area contributed by atoms with E-state index in [2.05, 4.69) is 32.3 Å². The molecule has 3 amide bonds. The highest BCUT2D eigenvalue weighted by atomic mass is 16.5. The summed E-state index contributed by atoms with van der Waals surface area (Å²) >= 11 is 0. The van der Waals surface area contributed by atoms with E-state index in [0.29, 0.717) is 42.9 Å². The van der Waals surface area contributed by atoms with E-state index in [4.69, 9.17) is 4.74 Å². The number of amides is 3. The number of likely N-dealkylation sites (N-methyl/N-ethyl adjacent to an activating group) is 2. The van der Waals surface area contributed by atoms with Crippen LogP contribution < -0.4 is 15.5 Å². The molecule has 7 rings (SSSR count). The zero-order chi connectivity index (χ0) is 34.5. The molecule has 4 aromatic rings. The number of ether oxygens (including phenoxy) is 1. The molecule has 2 atom stereocenters. The minimum absolute atomic E-state index is 0. The quantitative estimate of drug-likeness (QED) is 0.230. The van der Waals surface area contributed by atoms with Gasteiger partial charge in [0, 0.05) is 45.7 Å². The third-order valence-electron chi connectivity index (χ3n) is 9.34. The molecule has 4 heterocycles. The number of carbonyl (C=O) groups is 3. The number of rotatable bonds is 11. The standard InChI is InChI=1S/C21H22N6O2.C16H22N2O2.2H2/c1-2-25-20-14(13-22-27(20)16-6-4-3-5-7-16)12-18(21(25)29)23-19(28)17-10-11-26(24-17)15-8-9-15;1-12(13(2)18(3)15-10-20-11-15)16(19)17-9-14-7-5-4-6-8-14;;/h3-7,10-11,13,15,18H,2,8-9,12H2,1H3,(H,23,28);4-8,13,15H,1,9-11H2,2-3H3,(H,17,19);2*1H/t18-;;;/m0.../s1. The van der Waals surface area contributed by atoms with Gasteiger partial charge in [-0.3, -0.25) is 28.9 Å². The maximum absolute atomic E-state index is 13.1. The predicted octanol–water partition coefficient (Wildman–Crippen LogP) is 4.18. The average Bonchev–Trinajstić information content (AvgIpc) is 3.68. The molecule has 2 fully saturated rings. The normalized spacial score (nSPS) is 17.8. The highest BCUT2D eigenvalue weighted by molar-refractivity contribution is 6.03. The maximum Gasteiger partial charge on any atom is 0.272 e. The molecule has 0 bridgehead atoms. The molecular weight excluding hydrogens is 620 g/mol. The van der Waals surface area contributed by atoms with Gasteiger partial charge in [-0.25, -0.2) is 4.68 Å². The van der Waals surface area contributed by atoms with Gasteiger partial charge in [0.25, 0.3) is 11.8 Å². The van der Waals surface area contributed by atoms with Crippen LogP contribution in [0.3, 0.4) is 0 Å². The molecule has 2 N–H and O–H groups in total. The van der Waals surface area contributed by atoms with Crippen LogP contribution in [0.2, 0.25) is 0 Å². The second-order valence-electron chi connectivity index (χ2n) is 12.7. The molecule has 1 aliphatic carbocycles. The fourth-order valence-electron chi connectivity index (χ4n) is 5.92. The molecule has 12 heteroatoms. The van der Waals surface area contributed by atoms with Crippen LogP contribution in [0.5, 0.6) is 0 Å². The Bertz CT molecular complexity index is 1790. The van der Waals surface area contributed by atoms with Crippen LogP contribution in [0, 0.1) is 0 Å². The van der Waals surface area contributed by atoms with E-state index in [1.54, 1.807) is 21.8 Å². The van der Waals surface area contributed by atoms with Gasteiger partial charge >= 0.3 is 0 Å². The molecule has 12 nitrogen and oxygen atoms in total. The van der Waals surface area contributed by atoms with E-state index in [-0.39, 0.29) is 26.6 Å². The Morgan fingerprint density at radius 2 is 1.78 bits per heavy atom. The lowest BCUT2D eigenvalue weighted by Gasteiger charge is -2.38. The number of nitrogens with one attached hydrogen (secondary N) is 2. The number of para-hydroxylation sites is 1. The van der Waals surface area contributed by atoms with Crippen molar-refractivity contribution in [1.82, 2.24) is 35.1 Å². The first-order valence-electron chi connectivity index (χ1n) is 16.9. The minimum atomic E-state index is -0.630. The van der Waals surface area contributed by atoms with Gasteiger partial charge in [0.05, 0.1) is 37.2 Å². The lowest BCUT2D eigenvalue weighted by atomic mass is 10.0. The zero-order valence-corrected chi connectivity index (χ0v) is 28.3. The third-order valence-corrected chi connectivity index (χ3v) is 9.34. The van der Waals surface area contributed by atoms with Gasteiger partial charge in [-0.1, -0.05) is 55.1 Å². The highest BCUT2D eigenvalue weighted by Gasteiger charge is 2.37. The van der Waals surface area contributed by atoms with Crippen molar-refractivity contribution in [2.24, 2.45) is 0 Å². The monoisotopic (exact) mass is 668 g/mol. The van der Waals surface area contributed by atoms with Crippen LogP contribution in [0.1, 0.15) is 57.2 Å². The van der Waals surface area contributed by atoms with E-state index in [9.17, 15) is 14.4 Å². The average molecular weight is 669 g/mol. The van der Waals surface area contributed by atoms with E-state index < -0.39 is 6.04 Å². The molecule has 49 heavy (non-hydrogen) atoms. The van der Waals surface area contributed by atoms with E-state index >= 15 is 0 Å². The largest absolute Gasteiger partial charge is 0.378 e. The van der Waals surface area contributed by atoms with Gasteiger partial charge < -0.3 is 15.4 Å². The fourth-order valence-corrected chi connectivity index (χ4v) is 5.92. The first-order valence-corrected chi connectivity index (χ1v) is 16.9. The summed E-state index contributed by atoms with van der Waals surface area (Å²) in [6.07, 6.45) is 6.22. The van der Waals surface area contributed by atoms with Crippen molar-refractivity contribution in [2.75, 3.05) is 31.7 Å². The maximum atomic E-state index is 13.1. The van der Waals surface area contributed by atoms with Crippen molar-refractivity contribution in [3.05, 3.63) is 108 Å². The molecule has 2 aromatic heterocycles. The fraction of sp³-hybridized carbons (Fsp3) is 0.378. The number of hydrogen-bond donors (Lipinski definition) is 2. The van der Waals surface area contributed by atoms with E-state index in [0.717, 1.165) is 48.7 Å². The number of hydrogen-bond acceptors (Lipinski definition) is 7. The van der Waals surface area contributed by atoms with Gasteiger partial charge in [0.2, 0.25) is 5.91 Å². The lowest BCUT2D eigenvalue weighted by molar-refractivity contribution is -0.121. The number of carbonyl (C=O) groups excluding carboxylic acids is 3.